The van der Waals surface area contributed by atoms with Crippen LogP contribution in [0, 0.1) is 20.0 Å². The average Bonchev–Trinajstić information content (AvgIpc) is 2.04. The SMILES string of the molecule is CCOC(=O)c1[c]nc(C)nc1C. The smallest absolute Gasteiger partial charge is 0.342 e. The summed E-state index contributed by atoms with van der Waals surface area (Å²) < 4.78 is 4.80. The maximum atomic E-state index is 11.2. The van der Waals surface area contributed by atoms with Crippen LogP contribution in [0.2, 0.25) is 0 Å². The maximum absolute atomic E-state index is 11.2. The van der Waals surface area contributed by atoms with Crippen LogP contribution in [-0.2, 0) is 4.74 Å². The van der Waals surface area contributed by atoms with Gasteiger partial charge in [-0.3, -0.25) is 0 Å². The molecule has 1 aromatic rings. The first-order chi connectivity index (χ1) is 6.15. The first-order valence-corrected chi connectivity index (χ1v) is 4.05. The number of nitrogens with zero attached hydrogens (tertiary/aromatic N) is 2. The molecule has 69 valence electrons. The standard InChI is InChI=1S/C9H11N2O2/c1-4-13-9(12)8-5-10-7(3)11-6(8)2/h4H2,1-3H3. The fourth-order valence-corrected chi connectivity index (χ4v) is 0.938. The van der Waals surface area contributed by atoms with Crippen LogP contribution in [0.25, 0.3) is 0 Å². The van der Waals surface area contributed by atoms with Gasteiger partial charge in [-0.15, -0.1) is 0 Å². The van der Waals surface area contributed by atoms with Crippen LogP contribution in [0.1, 0.15) is 28.8 Å². The number of carbonyl (C=O) groups is 1. The van der Waals surface area contributed by atoms with E-state index in [9.17, 15) is 4.79 Å². The lowest BCUT2D eigenvalue weighted by Gasteiger charge is -2.03. The second-order valence-corrected chi connectivity index (χ2v) is 2.56. The summed E-state index contributed by atoms with van der Waals surface area (Å²) in [6.07, 6.45) is 2.60. The fourth-order valence-electron chi connectivity index (χ4n) is 0.938. The molecule has 0 aliphatic heterocycles. The minimum absolute atomic E-state index is 0.312. The highest BCUT2D eigenvalue weighted by atomic mass is 16.5. The normalized spacial score (nSPS) is 9.77. The van der Waals surface area contributed by atoms with Gasteiger partial charge < -0.3 is 4.74 Å². The molecule has 0 unspecified atom stereocenters. The van der Waals surface area contributed by atoms with E-state index >= 15 is 0 Å². The Morgan fingerprint density at radius 2 is 2.23 bits per heavy atom. The molecule has 1 rings (SSSR count). The molecular weight excluding hydrogens is 168 g/mol. The van der Waals surface area contributed by atoms with Gasteiger partial charge >= 0.3 is 5.97 Å². The molecule has 4 nitrogen and oxygen atoms in total. The Kier molecular flexibility index (Phi) is 2.95. The fraction of sp³-hybridized carbons (Fsp3) is 0.444. The summed E-state index contributed by atoms with van der Waals surface area (Å²) in [6, 6.07) is 0. The molecule has 4 heteroatoms. The molecule has 1 aromatic heterocycles. The van der Waals surface area contributed by atoms with E-state index in [4.69, 9.17) is 4.74 Å². The molecule has 13 heavy (non-hydrogen) atoms. The minimum atomic E-state index is -0.417. The zero-order valence-corrected chi connectivity index (χ0v) is 7.92. The summed E-state index contributed by atoms with van der Waals surface area (Å²) in [6.45, 7) is 5.58. The molecule has 0 saturated carbocycles. The van der Waals surface area contributed by atoms with Crippen molar-refractivity contribution in [2.75, 3.05) is 6.61 Å². The summed E-state index contributed by atoms with van der Waals surface area (Å²) >= 11 is 0. The van der Waals surface area contributed by atoms with Gasteiger partial charge in [0.25, 0.3) is 0 Å². The van der Waals surface area contributed by atoms with E-state index in [1.165, 1.54) is 0 Å². The van der Waals surface area contributed by atoms with Gasteiger partial charge in [0.1, 0.15) is 17.6 Å². The van der Waals surface area contributed by atoms with E-state index in [-0.39, 0.29) is 0 Å². The van der Waals surface area contributed by atoms with Gasteiger partial charge in [0.2, 0.25) is 0 Å². The molecule has 0 bridgehead atoms. The monoisotopic (exact) mass is 179 g/mol. The molecule has 0 spiro atoms. The highest BCUT2D eigenvalue weighted by Gasteiger charge is 2.11. The van der Waals surface area contributed by atoms with Crippen molar-refractivity contribution in [3.05, 3.63) is 23.3 Å². The Balaban J connectivity index is 2.95. The van der Waals surface area contributed by atoms with Crippen LogP contribution in [0.4, 0.5) is 0 Å². The molecule has 0 N–H and O–H groups in total. The second kappa shape index (κ2) is 3.98. The highest BCUT2D eigenvalue weighted by molar-refractivity contribution is 5.89. The van der Waals surface area contributed by atoms with Gasteiger partial charge in [0.15, 0.2) is 0 Å². The summed E-state index contributed by atoms with van der Waals surface area (Å²) in [7, 11) is 0. The van der Waals surface area contributed by atoms with Crippen LogP contribution in [0.15, 0.2) is 0 Å². The van der Waals surface area contributed by atoms with E-state index in [1.54, 1.807) is 20.8 Å². The molecule has 0 aliphatic carbocycles. The van der Waals surface area contributed by atoms with Gasteiger partial charge in [-0.05, 0) is 20.8 Å². The third kappa shape index (κ3) is 2.24. The van der Waals surface area contributed by atoms with E-state index < -0.39 is 5.97 Å². The molecule has 0 fully saturated rings. The molecule has 0 atom stereocenters. The lowest BCUT2D eigenvalue weighted by Crippen LogP contribution is -2.09. The van der Waals surface area contributed by atoms with Crippen molar-refractivity contribution in [1.82, 2.24) is 9.97 Å². The summed E-state index contributed by atoms with van der Waals surface area (Å²) in [5, 5.41) is 0. The van der Waals surface area contributed by atoms with E-state index in [0.29, 0.717) is 23.7 Å². The topological polar surface area (TPSA) is 52.1 Å². The number of ether oxygens (including phenoxy) is 1. The Morgan fingerprint density at radius 1 is 1.54 bits per heavy atom. The quantitative estimate of drug-likeness (QED) is 0.637. The molecular formula is C9H11N2O2. The van der Waals surface area contributed by atoms with Crippen LogP contribution in [0.5, 0.6) is 0 Å². The van der Waals surface area contributed by atoms with Crippen molar-refractivity contribution >= 4 is 5.97 Å². The largest absolute Gasteiger partial charge is 0.462 e. The summed E-state index contributed by atoms with van der Waals surface area (Å²) in [5.74, 6) is 0.186. The molecule has 1 heterocycles. The third-order valence-corrected chi connectivity index (χ3v) is 1.50. The van der Waals surface area contributed by atoms with Crippen LogP contribution in [-0.4, -0.2) is 22.5 Å². The van der Waals surface area contributed by atoms with Gasteiger partial charge in [0.05, 0.1) is 12.3 Å². The predicted molar refractivity (Wildman–Crippen MR) is 46.3 cm³/mol. The Labute approximate surface area is 77.0 Å². The molecule has 1 radical (unpaired) electrons. The predicted octanol–water partition coefficient (Wildman–Crippen LogP) is 1.07. The van der Waals surface area contributed by atoms with E-state index in [1.807, 2.05) is 0 Å². The van der Waals surface area contributed by atoms with Crippen molar-refractivity contribution in [2.24, 2.45) is 0 Å². The van der Waals surface area contributed by atoms with Crippen molar-refractivity contribution in [3.8, 4) is 0 Å². The third-order valence-electron chi connectivity index (χ3n) is 1.50. The van der Waals surface area contributed by atoms with Gasteiger partial charge in [-0.25, -0.2) is 14.8 Å². The number of carbonyl (C=O) groups excluding carboxylic acids is 1. The Hall–Kier alpha value is -1.45. The zero-order chi connectivity index (χ0) is 9.84. The van der Waals surface area contributed by atoms with Gasteiger partial charge in [-0.1, -0.05) is 0 Å². The van der Waals surface area contributed by atoms with Crippen molar-refractivity contribution in [2.45, 2.75) is 20.8 Å². The first-order valence-electron chi connectivity index (χ1n) is 4.05. The van der Waals surface area contributed by atoms with Gasteiger partial charge in [-0.2, -0.15) is 0 Å². The Morgan fingerprint density at radius 3 is 2.77 bits per heavy atom. The highest BCUT2D eigenvalue weighted by Crippen LogP contribution is 2.04. The first kappa shape index (κ1) is 9.64. The molecule has 0 saturated heterocycles. The van der Waals surface area contributed by atoms with E-state index in [2.05, 4.69) is 16.2 Å². The van der Waals surface area contributed by atoms with Crippen LogP contribution < -0.4 is 0 Å². The van der Waals surface area contributed by atoms with Gasteiger partial charge in [0, 0.05) is 0 Å². The van der Waals surface area contributed by atoms with Crippen molar-refractivity contribution in [1.29, 1.82) is 0 Å². The number of aryl methyl sites for hydroxylation is 2. The van der Waals surface area contributed by atoms with E-state index in [0.717, 1.165) is 0 Å². The molecule has 0 aromatic carbocycles. The molecule has 0 amide bonds. The number of esters is 1. The number of hydrogen-bond donors (Lipinski definition) is 0. The summed E-state index contributed by atoms with van der Waals surface area (Å²) in [5.41, 5.74) is 0.915. The number of rotatable bonds is 2. The lowest BCUT2D eigenvalue weighted by atomic mass is 10.2. The minimum Gasteiger partial charge on any atom is -0.462 e. The Bertz CT molecular complexity index is 323. The maximum Gasteiger partial charge on any atom is 0.342 e. The zero-order valence-electron chi connectivity index (χ0n) is 7.92. The van der Waals surface area contributed by atoms with Crippen LogP contribution >= 0.6 is 0 Å². The molecule has 0 aliphatic rings. The van der Waals surface area contributed by atoms with Crippen molar-refractivity contribution in [3.63, 3.8) is 0 Å². The lowest BCUT2D eigenvalue weighted by molar-refractivity contribution is 0.0524. The average molecular weight is 179 g/mol. The van der Waals surface area contributed by atoms with Crippen molar-refractivity contribution < 1.29 is 9.53 Å². The second-order valence-electron chi connectivity index (χ2n) is 2.56. The number of hydrogen-bond acceptors (Lipinski definition) is 4. The van der Waals surface area contributed by atoms with Crippen LogP contribution in [0.3, 0.4) is 0 Å². The number of aromatic nitrogens is 2. The summed E-state index contributed by atoms with van der Waals surface area (Å²) in [4.78, 5) is 19.1.